The van der Waals surface area contributed by atoms with Crippen molar-refractivity contribution in [1.82, 2.24) is 0 Å². The summed E-state index contributed by atoms with van der Waals surface area (Å²) in [6.45, 7) is 1.74. The number of anilines is 1. The molecular formula is C18H14FNO3S. The molecule has 1 aliphatic rings. The number of hydrogen-bond acceptors (Lipinski definition) is 4. The van der Waals surface area contributed by atoms with E-state index in [4.69, 9.17) is 4.74 Å². The summed E-state index contributed by atoms with van der Waals surface area (Å²) in [6, 6.07) is 12.7. The van der Waals surface area contributed by atoms with Crippen LogP contribution in [0.15, 0.2) is 53.4 Å². The lowest BCUT2D eigenvalue weighted by atomic mass is 10.1. The molecule has 2 aromatic rings. The molecular weight excluding hydrogens is 329 g/mol. The van der Waals surface area contributed by atoms with Gasteiger partial charge in [-0.2, -0.15) is 0 Å². The number of benzene rings is 2. The Labute approximate surface area is 142 Å². The summed E-state index contributed by atoms with van der Waals surface area (Å²) < 4.78 is 18.3. The molecule has 1 heterocycles. The molecule has 24 heavy (non-hydrogen) atoms. The number of allylic oxidation sites excluding steroid dienone is 1. The lowest BCUT2D eigenvalue weighted by Gasteiger charge is -2.16. The fourth-order valence-electron chi connectivity index (χ4n) is 2.45. The molecule has 0 aromatic heterocycles. The van der Waals surface area contributed by atoms with Crippen LogP contribution >= 0.6 is 11.8 Å². The van der Waals surface area contributed by atoms with E-state index in [1.807, 2.05) is 0 Å². The largest absolute Gasteiger partial charge is 0.495 e. The summed E-state index contributed by atoms with van der Waals surface area (Å²) in [7, 11) is 1.48. The van der Waals surface area contributed by atoms with Crippen molar-refractivity contribution in [1.29, 1.82) is 0 Å². The van der Waals surface area contributed by atoms with Crippen molar-refractivity contribution in [3.05, 3.63) is 64.8 Å². The molecule has 0 N–H and O–H groups in total. The van der Waals surface area contributed by atoms with Crippen molar-refractivity contribution in [2.24, 2.45) is 0 Å². The molecule has 6 heteroatoms. The van der Waals surface area contributed by atoms with E-state index in [1.54, 1.807) is 43.3 Å². The van der Waals surface area contributed by atoms with Crippen molar-refractivity contribution >= 4 is 34.2 Å². The second kappa shape index (κ2) is 6.49. The van der Waals surface area contributed by atoms with E-state index in [9.17, 15) is 14.0 Å². The topological polar surface area (TPSA) is 46.6 Å². The van der Waals surface area contributed by atoms with E-state index in [0.29, 0.717) is 27.5 Å². The average molecular weight is 343 g/mol. The number of amides is 2. The summed E-state index contributed by atoms with van der Waals surface area (Å²) >= 11 is 0.871. The quantitative estimate of drug-likeness (QED) is 0.772. The molecule has 3 rings (SSSR count). The molecule has 1 fully saturated rings. The predicted octanol–water partition coefficient (Wildman–Crippen LogP) is 4.47. The van der Waals surface area contributed by atoms with Crippen LogP contribution in [0.25, 0.3) is 5.57 Å². The van der Waals surface area contributed by atoms with Crippen LogP contribution in [-0.4, -0.2) is 18.3 Å². The maximum absolute atomic E-state index is 13.1. The Hall–Kier alpha value is -2.60. The molecule has 0 saturated carbocycles. The smallest absolute Gasteiger partial charge is 0.298 e. The number of carbonyl (C=O) groups is 2. The highest BCUT2D eigenvalue weighted by atomic mass is 32.2. The van der Waals surface area contributed by atoms with Gasteiger partial charge in [-0.05, 0) is 54.1 Å². The van der Waals surface area contributed by atoms with E-state index in [0.717, 1.165) is 16.7 Å². The third kappa shape index (κ3) is 2.80. The molecule has 122 valence electrons. The number of carbonyl (C=O) groups excluding carboxylic acids is 2. The zero-order valence-corrected chi connectivity index (χ0v) is 13.9. The molecule has 1 saturated heterocycles. The molecule has 0 unspecified atom stereocenters. The number of para-hydroxylation sites is 2. The second-order valence-electron chi connectivity index (χ2n) is 5.14. The van der Waals surface area contributed by atoms with Gasteiger partial charge in [-0.25, -0.2) is 9.29 Å². The summed E-state index contributed by atoms with van der Waals surface area (Å²) in [5.41, 5.74) is 1.74. The van der Waals surface area contributed by atoms with Crippen molar-refractivity contribution < 1.29 is 18.7 Å². The van der Waals surface area contributed by atoms with E-state index >= 15 is 0 Å². The molecule has 0 bridgehead atoms. The zero-order valence-electron chi connectivity index (χ0n) is 13.1. The summed E-state index contributed by atoms with van der Waals surface area (Å²) in [5, 5.41) is -0.388. The molecule has 2 aromatic carbocycles. The minimum absolute atomic E-state index is 0.331. The number of halogens is 1. The fraction of sp³-hybridized carbons (Fsp3) is 0.111. The number of methoxy groups -OCH3 is 1. The van der Waals surface area contributed by atoms with Crippen LogP contribution in [0.4, 0.5) is 14.9 Å². The van der Waals surface area contributed by atoms with Crippen molar-refractivity contribution in [3.8, 4) is 5.75 Å². The Morgan fingerprint density at radius 3 is 2.42 bits per heavy atom. The average Bonchev–Trinajstić information content (AvgIpc) is 2.89. The fourth-order valence-corrected chi connectivity index (χ4v) is 3.35. The normalized spacial score (nSPS) is 16.5. The van der Waals surface area contributed by atoms with Gasteiger partial charge in [0, 0.05) is 0 Å². The molecule has 1 aliphatic heterocycles. The third-order valence-electron chi connectivity index (χ3n) is 3.71. The van der Waals surface area contributed by atoms with Gasteiger partial charge in [-0.1, -0.05) is 24.3 Å². The first-order chi connectivity index (χ1) is 11.5. The highest BCUT2D eigenvalue weighted by Crippen LogP contribution is 2.41. The van der Waals surface area contributed by atoms with Gasteiger partial charge in [-0.15, -0.1) is 0 Å². The Morgan fingerprint density at radius 1 is 1.08 bits per heavy atom. The summed E-state index contributed by atoms with van der Waals surface area (Å²) in [5.74, 6) is -0.314. The van der Waals surface area contributed by atoms with E-state index in [1.165, 1.54) is 19.2 Å². The minimum atomic E-state index is -0.406. The number of imide groups is 1. The maximum Gasteiger partial charge on any atom is 0.298 e. The second-order valence-corrected chi connectivity index (χ2v) is 6.10. The summed E-state index contributed by atoms with van der Waals surface area (Å²) in [4.78, 5) is 26.6. The third-order valence-corrected chi connectivity index (χ3v) is 4.76. The predicted molar refractivity (Wildman–Crippen MR) is 92.5 cm³/mol. The maximum atomic E-state index is 13.1. The van der Waals surface area contributed by atoms with E-state index < -0.39 is 5.91 Å². The molecule has 0 atom stereocenters. The monoisotopic (exact) mass is 343 g/mol. The Balaban J connectivity index is 2.03. The molecule has 0 aliphatic carbocycles. The van der Waals surface area contributed by atoms with E-state index in [2.05, 4.69) is 0 Å². The first-order valence-electron chi connectivity index (χ1n) is 7.19. The van der Waals surface area contributed by atoms with E-state index in [-0.39, 0.29) is 11.1 Å². The highest BCUT2D eigenvalue weighted by molar-refractivity contribution is 8.19. The van der Waals surface area contributed by atoms with Crippen molar-refractivity contribution in [3.63, 3.8) is 0 Å². The van der Waals surface area contributed by atoms with Crippen LogP contribution in [0.1, 0.15) is 12.5 Å². The number of nitrogens with zero attached hydrogens (tertiary/aromatic N) is 1. The lowest BCUT2D eigenvalue weighted by Crippen LogP contribution is -2.28. The SMILES string of the molecule is COc1ccccc1N1C(=O)S/C(=C(/C)c2ccc(F)cc2)C1=O. The lowest BCUT2D eigenvalue weighted by molar-refractivity contribution is -0.113. The number of thioether (sulfide) groups is 1. The van der Waals surface area contributed by atoms with Crippen molar-refractivity contribution in [2.45, 2.75) is 6.92 Å². The molecule has 0 spiro atoms. The zero-order chi connectivity index (χ0) is 17.3. The molecule has 4 nitrogen and oxygen atoms in total. The van der Waals surface area contributed by atoms with Gasteiger partial charge >= 0.3 is 0 Å². The first kappa shape index (κ1) is 16.3. The number of ether oxygens (including phenoxy) is 1. The standard InChI is InChI=1S/C18H14FNO3S/c1-11(12-7-9-13(19)10-8-12)16-17(21)20(18(22)24-16)14-5-3-4-6-15(14)23-2/h3-10H,1-2H3/b16-11-. The van der Waals surface area contributed by atoms with Crippen LogP contribution < -0.4 is 9.64 Å². The van der Waals surface area contributed by atoms with Crippen LogP contribution in [0, 0.1) is 5.82 Å². The molecule has 2 amide bonds. The van der Waals surface area contributed by atoms with Gasteiger partial charge < -0.3 is 4.74 Å². The summed E-state index contributed by atoms with van der Waals surface area (Å²) in [6.07, 6.45) is 0. The number of rotatable bonds is 3. The van der Waals surface area contributed by atoms with Gasteiger partial charge in [0.25, 0.3) is 11.1 Å². The van der Waals surface area contributed by atoms with Crippen LogP contribution in [0.5, 0.6) is 5.75 Å². The number of hydrogen-bond donors (Lipinski definition) is 0. The molecule has 0 radical (unpaired) electrons. The van der Waals surface area contributed by atoms with Gasteiger partial charge in [-0.3, -0.25) is 9.59 Å². The minimum Gasteiger partial charge on any atom is -0.495 e. The Morgan fingerprint density at radius 2 is 1.75 bits per heavy atom. The van der Waals surface area contributed by atoms with Crippen LogP contribution in [-0.2, 0) is 4.79 Å². The van der Waals surface area contributed by atoms with Crippen LogP contribution in [0.2, 0.25) is 0 Å². The van der Waals surface area contributed by atoms with Gasteiger partial charge in [0.1, 0.15) is 11.6 Å². The Bertz CT molecular complexity index is 846. The van der Waals surface area contributed by atoms with Crippen molar-refractivity contribution in [2.75, 3.05) is 12.0 Å². The Kier molecular flexibility index (Phi) is 4.40. The van der Waals surface area contributed by atoms with Gasteiger partial charge in [0.05, 0.1) is 17.7 Å². The highest BCUT2D eigenvalue weighted by Gasteiger charge is 2.39. The van der Waals surface area contributed by atoms with Crippen LogP contribution in [0.3, 0.4) is 0 Å². The van der Waals surface area contributed by atoms with Gasteiger partial charge in [0.2, 0.25) is 0 Å². The van der Waals surface area contributed by atoms with Gasteiger partial charge in [0.15, 0.2) is 0 Å². The first-order valence-corrected chi connectivity index (χ1v) is 8.00.